The summed E-state index contributed by atoms with van der Waals surface area (Å²) in [5.41, 5.74) is 6.38. The highest BCUT2D eigenvalue weighted by Crippen LogP contribution is 2.43. The summed E-state index contributed by atoms with van der Waals surface area (Å²) in [6, 6.07) is 7.83. The van der Waals surface area contributed by atoms with Crippen molar-refractivity contribution in [1.29, 1.82) is 0 Å². The van der Waals surface area contributed by atoms with Crippen molar-refractivity contribution in [2.45, 2.75) is 61.4 Å². The maximum Gasteiger partial charge on any atom is 0.114 e. The molecule has 0 saturated heterocycles. The third-order valence-electron chi connectivity index (χ3n) is 4.37. The number of thioether (sulfide) groups is 1. The van der Waals surface area contributed by atoms with Crippen LogP contribution < -0.4 is 5.73 Å². The van der Waals surface area contributed by atoms with E-state index in [1.54, 1.807) is 0 Å². The number of nitrogens with two attached hydrogens (primary N) is 1. The largest absolute Gasteiger partial charge is 0.388 e. The van der Waals surface area contributed by atoms with Crippen LogP contribution in [0, 0.1) is 5.92 Å². The van der Waals surface area contributed by atoms with Crippen molar-refractivity contribution < 1.29 is 10.2 Å². The molecule has 0 bridgehead atoms. The van der Waals surface area contributed by atoms with Crippen molar-refractivity contribution in [3.8, 4) is 0 Å². The quantitative estimate of drug-likeness (QED) is 0.556. The van der Waals surface area contributed by atoms with Gasteiger partial charge in [-0.25, -0.2) is 0 Å². The maximum atomic E-state index is 10.8. The van der Waals surface area contributed by atoms with Crippen molar-refractivity contribution >= 4 is 11.8 Å². The minimum atomic E-state index is -0.738. The third kappa shape index (κ3) is 4.71. The number of aliphatic hydroxyl groups is 2. The molecule has 1 aromatic carbocycles. The molecule has 2 rings (SSSR count). The lowest BCUT2D eigenvalue weighted by Gasteiger charge is -2.35. The van der Waals surface area contributed by atoms with Gasteiger partial charge in [0.2, 0.25) is 0 Å². The minimum Gasteiger partial charge on any atom is -0.388 e. The summed E-state index contributed by atoms with van der Waals surface area (Å²) in [7, 11) is 0. The summed E-state index contributed by atoms with van der Waals surface area (Å²) >= 11 is 1.52. The first-order valence-corrected chi connectivity index (χ1v) is 8.74. The van der Waals surface area contributed by atoms with E-state index >= 15 is 0 Å². The first-order valence-electron chi connectivity index (χ1n) is 7.92. The van der Waals surface area contributed by atoms with Gasteiger partial charge in [0.25, 0.3) is 0 Å². The number of hydrogen-bond acceptors (Lipinski definition) is 4. The van der Waals surface area contributed by atoms with Crippen LogP contribution in [0.5, 0.6) is 0 Å². The Balaban J connectivity index is 2.05. The molecule has 0 spiro atoms. The van der Waals surface area contributed by atoms with Crippen LogP contribution in [-0.4, -0.2) is 21.7 Å². The van der Waals surface area contributed by atoms with Crippen LogP contribution >= 0.6 is 11.8 Å². The Morgan fingerprint density at radius 2 is 2.05 bits per heavy atom. The molecule has 4 N–H and O–H groups in total. The fourth-order valence-corrected chi connectivity index (χ4v) is 4.29. The van der Waals surface area contributed by atoms with E-state index in [0.717, 1.165) is 23.3 Å². The molecular weight excluding hydrogens is 282 g/mol. The summed E-state index contributed by atoms with van der Waals surface area (Å²) in [5, 5.41) is 20.8. The van der Waals surface area contributed by atoms with E-state index in [2.05, 4.69) is 0 Å². The Labute approximate surface area is 131 Å². The van der Waals surface area contributed by atoms with Gasteiger partial charge in [-0.2, -0.15) is 0 Å². The predicted octanol–water partition coefficient (Wildman–Crippen LogP) is 3.45. The van der Waals surface area contributed by atoms with Crippen molar-refractivity contribution in [2.75, 3.05) is 6.54 Å². The fourth-order valence-electron chi connectivity index (χ4n) is 3.07. The van der Waals surface area contributed by atoms with Gasteiger partial charge >= 0.3 is 0 Å². The Morgan fingerprint density at radius 3 is 2.71 bits per heavy atom. The van der Waals surface area contributed by atoms with Crippen LogP contribution in [0.1, 0.15) is 57.1 Å². The molecule has 118 valence electrons. The smallest absolute Gasteiger partial charge is 0.114 e. The molecular formula is C17H27NO2S. The zero-order valence-corrected chi connectivity index (χ0v) is 13.6. The summed E-state index contributed by atoms with van der Waals surface area (Å²) in [5.74, 6) is 0.355. The van der Waals surface area contributed by atoms with Gasteiger partial charge in [0, 0.05) is 4.90 Å². The lowest BCUT2D eigenvalue weighted by molar-refractivity contribution is 0.0681. The van der Waals surface area contributed by atoms with Crippen LogP contribution in [0.25, 0.3) is 0 Å². The molecule has 21 heavy (non-hydrogen) atoms. The molecule has 1 aromatic rings. The SMILES string of the molecule is CC(O)(Sc1cccc(C(O)CCN)c1)C1CCCCC1. The second kappa shape index (κ2) is 7.63. The average molecular weight is 309 g/mol. The van der Waals surface area contributed by atoms with E-state index in [1.807, 2.05) is 31.2 Å². The van der Waals surface area contributed by atoms with E-state index in [-0.39, 0.29) is 0 Å². The summed E-state index contributed by atoms with van der Waals surface area (Å²) in [6.07, 6.45) is 5.99. The van der Waals surface area contributed by atoms with E-state index < -0.39 is 11.0 Å². The van der Waals surface area contributed by atoms with Gasteiger partial charge in [-0.3, -0.25) is 0 Å². The van der Waals surface area contributed by atoms with E-state index in [0.29, 0.717) is 18.9 Å². The Morgan fingerprint density at radius 1 is 1.33 bits per heavy atom. The number of rotatable bonds is 6. The lowest BCUT2D eigenvalue weighted by atomic mass is 9.85. The first-order chi connectivity index (χ1) is 10.0. The second-order valence-electron chi connectivity index (χ2n) is 6.16. The van der Waals surface area contributed by atoms with Gasteiger partial charge in [-0.15, -0.1) is 0 Å². The molecule has 1 saturated carbocycles. The highest BCUT2D eigenvalue weighted by Gasteiger charge is 2.33. The summed E-state index contributed by atoms with van der Waals surface area (Å²) in [6.45, 7) is 2.40. The molecule has 0 heterocycles. The standard InChI is InChI=1S/C17H27NO2S/c1-17(20,14-7-3-2-4-8-14)21-15-9-5-6-13(12-15)16(19)10-11-18/h5-6,9,12,14,16,19-20H,2-4,7-8,10-11,18H2,1H3. The predicted molar refractivity (Wildman–Crippen MR) is 88.1 cm³/mol. The van der Waals surface area contributed by atoms with Crippen LogP contribution in [0.3, 0.4) is 0 Å². The molecule has 1 aliphatic rings. The molecule has 3 nitrogen and oxygen atoms in total. The zero-order valence-electron chi connectivity index (χ0n) is 12.8. The van der Waals surface area contributed by atoms with Gasteiger partial charge in [-0.1, -0.05) is 43.2 Å². The van der Waals surface area contributed by atoms with Crippen molar-refractivity contribution in [1.82, 2.24) is 0 Å². The molecule has 1 fully saturated rings. The number of aliphatic hydroxyl groups excluding tert-OH is 1. The highest BCUT2D eigenvalue weighted by atomic mass is 32.2. The Hall–Kier alpha value is -0.550. The van der Waals surface area contributed by atoms with Gasteiger partial charge in [0.1, 0.15) is 4.93 Å². The summed E-state index contributed by atoms with van der Waals surface area (Å²) < 4.78 is 0. The molecule has 0 aliphatic heterocycles. The average Bonchev–Trinajstić information content (AvgIpc) is 2.48. The summed E-state index contributed by atoms with van der Waals surface area (Å²) in [4.78, 5) is 0.275. The minimum absolute atomic E-state index is 0.355. The van der Waals surface area contributed by atoms with Crippen molar-refractivity contribution in [3.05, 3.63) is 29.8 Å². The first kappa shape index (κ1) is 16.8. The van der Waals surface area contributed by atoms with Gasteiger partial charge in [0.05, 0.1) is 6.10 Å². The molecule has 1 aliphatic carbocycles. The molecule has 0 aromatic heterocycles. The third-order valence-corrected chi connectivity index (χ3v) is 5.61. The maximum absolute atomic E-state index is 10.8. The van der Waals surface area contributed by atoms with Gasteiger partial charge in [-0.05, 0) is 56.3 Å². The number of hydrogen-bond donors (Lipinski definition) is 3. The zero-order chi connectivity index (χ0) is 15.3. The Bertz CT molecular complexity index is 444. The molecule has 4 heteroatoms. The van der Waals surface area contributed by atoms with Crippen molar-refractivity contribution in [2.24, 2.45) is 11.7 Å². The van der Waals surface area contributed by atoms with Crippen LogP contribution in [0.2, 0.25) is 0 Å². The van der Waals surface area contributed by atoms with Crippen molar-refractivity contribution in [3.63, 3.8) is 0 Å². The Kier molecular flexibility index (Phi) is 6.11. The number of benzene rings is 1. The van der Waals surface area contributed by atoms with Crippen LogP contribution in [-0.2, 0) is 0 Å². The van der Waals surface area contributed by atoms with E-state index in [9.17, 15) is 10.2 Å². The van der Waals surface area contributed by atoms with Gasteiger partial charge in [0.15, 0.2) is 0 Å². The van der Waals surface area contributed by atoms with Gasteiger partial charge < -0.3 is 15.9 Å². The second-order valence-corrected chi connectivity index (χ2v) is 7.66. The molecule has 0 amide bonds. The highest BCUT2D eigenvalue weighted by molar-refractivity contribution is 8.00. The van der Waals surface area contributed by atoms with Crippen LogP contribution in [0.15, 0.2) is 29.2 Å². The normalized spacial score (nSPS) is 21.0. The molecule has 0 radical (unpaired) electrons. The van der Waals surface area contributed by atoms with E-state index in [4.69, 9.17) is 5.73 Å². The van der Waals surface area contributed by atoms with Crippen LogP contribution in [0.4, 0.5) is 0 Å². The monoisotopic (exact) mass is 309 g/mol. The lowest BCUT2D eigenvalue weighted by Crippen LogP contribution is -2.32. The molecule has 2 unspecified atom stereocenters. The molecule has 2 atom stereocenters. The van der Waals surface area contributed by atoms with E-state index in [1.165, 1.54) is 31.0 Å². The fraction of sp³-hybridized carbons (Fsp3) is 0.647. The topological polar surface area (TPSA) is 66.5 Å².